The Morgan fingerprint density at radius 2 is 1.74 bits per heavy atom. The summed E-state index contributed by atoms with van der Waals surface area (Å²) < 4.78 is 75.4. The van der Waals surface area contributed by atoms with Gasteiger partial charge in [0, 0.05) is 16.5 Å². The van der Waals surface area contributed by atoms with Crippen LogP contribution in [0, 0.1) is 47.8 Å². The molecule has 10 nitrogen and oxygen atoms in total. The number of benzene rings is 1. The maximum Gasteiger partial charge on any atom is 0.490 e. The first kappa shape index (κ1) is 23.6. The number of aryl methyl sites for hydroxylation is 1. The van der Waals surface area contributed by atoms with Crippen LogP contribution < -0.4 is 10.5 Å². The Morgan fingerprint density at radius 1 is 1.10 bits per heavy atom. The van der Waals surface area contributed by atoms with Crippen LogP contribution in [-0.4, -0.2) is 51.3 Å². The van der Waals surface area contributed by atoms with Gasteiger partial charge in [-0.1, -0.05) is 6.07 Å². The molecule has 14 heteroatoms. The molecular weight excluding hydrogens is 537 g/mol. The van der Waals surface area contributed by atoms with Crippen LogP contribution in [0.4, 0.5) is 19.0 Å². The van der Waals surface area contributed by atoms with E-state index in [0.717, 1.165) is 5.56 Å². The van der Waals surface area contributed by atoms with Gasteiger partial charge < -0.3 is 10.5 Å². The maximum absolute atomic E-state index is 13.6. The number of fused-ring (bicyclic) bond motifs is 1. The van der Waals surface area contributed by atoms with Crippen LogP contribution >= 0.6 is 0 Å². The Kier molecular flexibility index (Phi) is 3.86. The van der Waals surface area contributed by atoms with E-state index in [0.29, 0.717) is 16.9 Å². The average molecular weight is 561 g/mol. The van der Waals surface area contributed by atoms with Crippen LogP contribution in [-0.2, 0) is 19.6 Å². The van der Waals surface area contributed by atoms with Gasteiger partial charge >= 0.3 is 12.1 Å². The predicted octanol–water partition coefficient (Wildman–Crippen LogP) is 2.33. The zero-order chi connectivity index (χ0) is 27.7. The van der Waals surface area contributed by atoms with Crippen molar-refractivity contribution >= 4 is 27.5 Å². The molecular formula is C25H23F3N6O4S. The number of aromatic nitrogens is 4. The Balaban J connectivity index is 1.06. The number of carbonyl (C=O) groups excluding carboxylic acids is 1. The Bertz CT molecular complexity index is 1710. The van der Waals surface area contributed by atoms with Gasteiger partial charge in [-0.3, -0.25) is 0 Å². The highest BCUT2D eigenvalue weighted by molar-refractivity contribution is 7.89. The Morgan fingerprint density at radius 3 is 2.36 bits per heavy atom. The van der Waals surface area contributed by atoms with Gasteiger partial charge in [0.05, 0.1) is 16.8 Å². The van der Waals surface area contributed by atoms with Crippen molar-refractivity contribution < 1.29 is 31.1 Å². The van der Waals surface area contributed by atoms with Gasteiger partial charge in [0.1, 0.15) is 11.9 Å². The molecule has 0 aliphatic heterocycles. The van der Waals surface area contributed by atoms with Crippen molar-refractivity contribution in [2.24, 2.45) is 40.9 Å². The highest BCUT2D eigenvalue weighted by Crippen LogP contribution is 3.08. The summed E-state index contributed by atoms with van der Waals surface area (Å²) in [7, 11) is -3.91. The molecule has 0 amide bonds. The van der Waals surface area contributed by atoms with Crippen molar-refractivity contribution in [2.75, 3.05) is 5.73 Å². The molecule has 6 saturated carbocycles. The minimum atomic E-state index is -5.05. The number of imidazole rings is 1. The topological polar surface area (TPSA) is 142 Å². The largest absolute Gasteiger partial charge is 0.490 e. The van der Waals surface area contributed by atoms with E-state index in [9.17, 15) is 26.4 Å². The summed E-state index contributed by atoms with van der Waals surface area (Å²) in [5, 5.41) is 4.21. The number of hydrogen-bond donors (Lipinski definition) is 2. The van der Waals surface area contributed by atoms with Crippen LogP contribution in [0.25, 0.3) is 16.9 Å². The molecule has 6 aliphatic rings. The smallest absolute Gasteiger partial charge is 0.452 e. The van der Waals surface area contributed by atoms with E-state index in [1.807, 2.05) is 6.92 Å². The number of esters is 1. The number of nitrogens with zero attached hydrogens (tertiary/aromatic N) is 4. The summed E-state index contributed by atoms with van der Waals surface area (Å²) in [6.45, 7) is 4.97. The summed E-state index contributed by atoms with van der Waals surface area (Å²) in [5.41, 5.74) is 5.98. The molecule has 3 aromatic rings. The molecule has 0 saturated heterocycles. The van der Waals surface area contributed by atoms with E-state index >= 15 is 0 Å². The lowest BCUT2D eigenvalue weighted by Crippen LogP contribution is -3.17. The van der Waals surface area contributed by atoms with E-state index in [2.05, 4.69) is 19.8 Å². The number of hydrogen-bond acceptors (Lipinski definition) is 8. The number of nitrogens with one attached hydrogen (secondary N) is 1. The Labute approximate surface area is 220 Å². The fourth-order valence-corrected chi connectivity index (χ4v) is 11.2. The van der Waals surface area contributed by atoms with E-state index in [4.69, 9.17) is 10.5 Å². The van der Waals surface area contributed by atoms with E-state index < -0.39 is 38.7 Å². The monoisotopic (exact) mass is 560 g/mol. The van der Waals surface area contributed by atoms with E-state index in [1.54, 1.807) is 38.2 Å². The van der Waals surface area contributed by atoms with Crippen LogP contribution in [0.1, 0.15) is 19.4 Å². The van der Waals surface area contributed by atoms with Crippen LogP contribution in [0.5, 0.6) is 0 Å². The number of nitrogen functional groups attached to an aromatic ring is 1. The second-order valence-corrected chi connectivity index (χ2v) is 13.7. The molecule has 39 heavy (non-hydrogen) atoms. The quantitative estimate of drug-likeness (QED) is 0.438. The zero-order valence-electron chi connectivity index (χ0n) is 20.9. The molecule has 6 fully saturated rings. The number of halogens is 3. The summed E-state index contributed by atoms with van der Waals surface area (Å²) in [4.78, 5) is 19.9. The van der Waals surface area contributed by atoms with Gasteiger partial charge in [0.25, 0.3) is 0 Å². The number of nitrogens with two attached hydrogens (primary N) is 1. The fraction of sp³-hybridized carbons (Fsp3) is 0.520. The van der Waals surface area contributed by atoms with Gasteiger partial charge in [-0.15, -0.1) is 0 Å². The minimum absolute atomic E-state index is 0.0551. The molecule has 0 unspecified atom stereocenters. The third-order valence-electron chi connectivity index (χ3n) is 10.7. The third-order valence-corrected chi connectivity index (χ3v) is 12.2. The molecule has 0 atom stereocenters. The van der Waals surface area contributed by atoms with E-state index in [-0.39, 0.29) is 46.2 Å². The lowest BCUT2D eigenvalue weighted by Gasteiger charge is -3.12. The molecule has 9 rings (SSSR count). The van der Waals surface area contributed by atoms with Gasteiger partial charge in [-0.25, -0.2) is 32.4 Å². The van der Waals surface area contributed by atoms with Crippen molar-refractivity contribution in [3.8, 4) is 11.3 Å². The lowest BCUT2D eigenvalue weighted by molar-refractivity contribution is -0.644. The van der Waals surface area contributed by atoms with Crippen LogP contribution in [0.3, 0.4) is 0 Å². The SMILES string of the molecule is Cc1ccc(S(=O)(=O)NC23C4C5C2C2C3C4C52C(C)(C)OC(=O)C(F)(F)F)cc1-c1cnc2c(N)ncnn12. The minimum Gasteiger partial charge on any atom is -0.452 e. The number of anilines is 1. The first-order valence-corrected chi connectivity index (χ1v) is 14.1. The maximum atomic E-state index is 13.6. The molecule has 3 N–H and O–H groups in total. The summed E-state index contributed by atoms with van der Waals surface area (Å²) >= 11 is 0. The molecule has 6 aliphatic carbocycles. The van der Waals surface area contributed by atoms with Crippen LogP contribution in [0.2, 0.25) is 0 Å². The first-order chi connectivity index (χ1) is 18.2. The van der Waals surface area contributed by atoms with Gasteiger partial charge in [-0.2, -0.15) is 18.3 Å². The fourth-order valence-electron chi connectivity index (χ4n) is 9.67. The van der Waals surface area contributed by atoms with Gasteiger partial charge in [0.2, 0.25) is 10.0 Å². The van der Waals surface area contributed by atoms with Crippen molar-refractivity contribution in [3.05, 3.63) is 36.3 Å². The van der Waals surface area contributed by atoms with Crippen molar-refractivity contribution in [1.82, 2.24) is 24.3 Å². The third kappa shape index (κ3) is 2.25. The normalized spacial score (nSPS) is 36.7. The van der Waals surface area contributed by atoms with Crippen molar-refractivity contribution in [3.63, 3.8) is 0 Å². The highest BCUT2D eigenvalue weighted by atomic mass is 32.2. The van der Waals surface area contributed by atoms with Crippen molar-refractivity contribution in [1.29, 1.82) is 0 Å². The average Bonchev–Trinajstić information content (AvgIpc) is 3.28. The standard InChI is InChI=1S/C25H23F3N6O4S/c1-9-4-5-10(6-11(9)12-7-30-20-19(29)31-8-32-34(12)20)39(36,37)33-24-16-13-17(24)15-18(24)14(16)23(13,15)22(2,3)38-21(35)25(26,27)28/h4-8,13-18,33H,1-3H3,(H2,29,31,32). The molecule has 1 aromatic carbocycles. The number of ether oxygens (including phenoxy) is 1. The van der Waals surface area contributed by atoms with Gasteiger partial charge in [-0.05, 0) is 74.0 Å². The number of rotatable bonds is 6. The molecule has 204 valence electrons. The molecule has 0 bridgehead atoms. The van der Waals surface area contributed by atoms with E-state index in [1.165, 1.54) is 10.8 Å². The summed E-state index contributed by atoms with van der Waals surface area (Å²) in [5.74, 6) is -1.62. The summed E-state index contributed by atoms with van der Waals surface area (Å²) in [6.07, 6.45) is -2.18. The lowest BCUT2D eigenvalue weighted by atomic mass is 8.93. The number of carbonyl (C=O) groups is 1. The Hall–Kier alpha value is -3.26. The summed E-state index contributed by atoms with van der Waals surface area (Å²) in [6, 6.07) is 4.86. The van der Waals surface area contributed by atoms with Crippen LogP contribution in [0.15, 0.2) is 35.6 Å². The number of sulfonamides is 1. The second-order valence-electron chi connectivity index (χ2n) is 12.0. The molecule has 0 spiro atoms. The highest BCUT2D eigenvalue weighted by Gasteiger charge is 3.12. The molecule has 2 heterocycles. The number of alkyl halides is 3. The first-order valence-electron chi connectivity index (χ1n) is 12.6. The molecule has 2 aromatic heterocycles. The molecule has 0 radical (unpaired) electrons. The van der Waals surface area contributed by atoms with Crippen molar-refractivity contribution in [2.45, 2.75) is 43.0 Å². The second kappa shape index (κ2) is 6.38. The zero-order valence-corrected chi connectivity index (χ0v) is 21.7. The predicted molar refractivity (Wildman–Crippen MR) is 128 cm³/mol. The van der Waals surface area contributed by atoms with Gasteiger partial charge in [0.15, 0.2) is 11.5 Å².